The average Bonchev–Trinajstić information content (AvgIpc) is 2.28. The molecule has 0 saturated heterocycles. The van der Waals surface area contributed by atoms with E-state index >= 15 is 0 Å². The Bertz CT molecular complexity index is 420. The van der Waals surface area contributed by atoms with Crippen molar-refractivity contribution < 1.29 is 0 Å². The van der Waals surface area contributed by atoms with Crippen LogP contribution in [0.5, 0.6) is 0 Å². The maximum atomic E-state index is 5.70. The fraction of sp³-hybridized carbons (Fsp3) is 0.143. The van der Waals surface area contributed by atoms with E-state index in [1.165, 1.54) is 11.1 Å². The van der Waals surface area contributed by atoms with Gasteiger partial charge in [-0.25, -0.2) is 0 Å². The van der Waals surface area contributed by atoms with Crippen molar-refractivity contribution in [2.24, 2.45) is 0 Å². The van der Waals surface area contributed by atoms with Crippen molar-refractivity contribution in [3.8, 4) is 0 Å². The van der Waals surface area contributed by atoms with Crippen LogP contribution < -0.4 is 5.73 Å². The fourth-order valence-corrected chi connectivity index (χ4v) is 1.62. The summed E-state index contributed by atoms with van der Waals surface area (Å²) >= 11 is 0. The van der Waals surface area contributed by atoms with Gasteiger partial charge in [0.2, 0.25) is 0 Å². The van der Waals surface area contributed by atoms with Crippen molar-refractivity contribution in [1.29, 1.82) is 0 Å². The van der Waals surface area contributed by atoms with E-state index in [-0.39, 0.29) is 0 Å². The van der Waals surface area contributed by atoms with E-state index in [0.717, 1.165) is 18.5 Å². The first-order chi connectivity index (χ1) is 7.34. The molecule has 0 amide bonds. The Balaban J connectivity index is 1.99. The van der Waals surface area contributed by atoms with Gasteiger partial charge in [-0.2, -0.15) is 0 Å². The summed E-state index contributed by atoms with van der Waals surface area (Å²) in [6, 6.07) is 19.3. The van der Waals surface area contributed by atoms with Crippen LogP contribution in [0.4, 0.5) is 5.69 Å². The zero-order valence-corrected chi connectivity index (χ0v) is 8.61. The first kappa shape index (κ1) is 9.78. The molecule has 1 radical (unpaired) electrons. The van der Waals surface area contributed by atoms with Crippen molar-refractivity contribution in [2.75, 3.05) is 5.73 Å². The lowest BCUT2D eigenvalue weighted by Gasteiger charge is -2.02. The van der Waals surface area contributed by atoms with Crippen molar-refractivity contribution in [2.45, 2.75) is 12.8 Å². The van der Waals surface area contributed by atoms with Crippen LogP contribution in [0.1, 0.15) is 11.1 Å². The molecule has 0 saturated carbocycles. The number of hydrogen-bond acceptors (Lipinski definition) is 1. The largest absolute Gasteiger partial charge is 0.399 e. The van der Waals surface area contributed by atoms with E-state index < -0.39 is 0 Å². The molecule has 0 fully saturated rings. The number of aryl methyl sites for hydroxylation is 2. The molecule has 0 atom stereocenters. The van der Waals surface area contributed by atoms with Crippen LogP contribution >= 0.6 is 0 Å². The maximum Gasteiger partial charge on any atom is 0.0322 e. The third kappa shape index (κ3) is 2.84. The van der Waals surface area contributed by atoms with Gasteiger partial charge in [-0.15, -0.1) is 0 Å². The highest BCUT2D eigenvalue weighted by Crippen LogP contribution is 2.10. The number of nitrogen functional groups attached to an aromatic ring is 1. The molecule has 0 aliphatic carbocycles. The number of benzene rings is 2. The molecule has 1 heteroatoms. The summed E-state index contributed by atoms with van der Waals surface area (Å²) in [5.74, 6) is 0. The molecule has 15 heavy (non-hydrogen) atoms. The number of anilines is 1. The molecule has 0 bridgehead atoms. The van der Waals surface area contributed by atoms with Gasteiger partial charge in [-0.3, -0.25) is 0 Å². The minimum Gasteiger partial charge on any atom is -0.399 e. The average molecular weight is 196 g/mol. The van der Waals surface area contributed by atoms with Crippen LogP contribution in [0.3, 0.4) is 0 Å². The Kier molecular flexibility index (Phi) is 3.03. The van der Waals surface area contributed by atoms with E-state index in [9.17, 15) is 0 Å². The van der Waals surface area contributed by atoms with Gasteiger partial charge in [0.15, 0.2) is 0 Å². The summed E-state index contributed by atoms with van der Waals surface area (Å²) in [4.78, 5) is 0. The second-order valence-corrected chi connectivity index (χ2v) is 3.66. The summed E-state index contributed by atoms with van der Waals surface area (Å²) in [7, 11) is 0. The minimum absolute atomic E-state index is 0.792. The zero-order chi connectivity index (χ0) is 10.5. The molecule has 75 valence electrons. The monoisotopic (exact) mass is 196 g/mol. The van der Waals surface area contributed by atoms with Gasteiger partial charge in [0.1, 0.15) is 0 Å². The molecule has 1 nitrogen and oxygen atoms in total. The van der Waals surface area contributed by atoms with Gasteiger partial charge >= 0.3 is 0 Å². The molecule has 0 aliphatic heterocycles. The highest BCUT2D eigenvalue weighted by Gasteiger charge is 1.95. The predicted octanol–water partition coefficient (Wildman–Crippen LogP) is 2.85. The van der Waals surface area contributed by atoms with Crippen LogP contribution in [0.25, 0.3) is 0 Å². The molecule has 0 unspecified atom stereocenters. The minimum atomic E-state index is 0.792. The lowest BCUT2D eigenvalue weighted by Crippen LogP contribution is -1.92. The van der Waals surface area contributed by atoms with Crippen molar-refractivity contribution in [3.05, 3.63) is 65.7 Å². The maximum absolute atomic E-state index is 5.70. The Morgan fingerprint density at radius 3 is 2.40 bits per heavy atom. The van der Waals surface area contributed by atoms with Gasteiger partial charge in [0.25, 0.3) is 0 Å². The Labute approximate surface area is 90.6 Å². The molecule has 2 aromatic rings. The van der Waals surface area contributed by atoms with E-state index in [2.05, 4.69) is 30.3 Å². The summed E-state index contributed by atoms with van der Waals surface area (Å²) < 4.78 is 0. The summed E-state index contributed by atoms with van der Waals surface area (Å²) in [5.41, 5.74) is 9.10. The third-order valence-electron chi connectivity index (χ3n) is 2.42. The van der Waals surface area contributed by atoms with Gasteiger partial charge in [0.05, 0.1) is 0 Å². The predicted molar refractivity (Wildman–Crippen MR) is 63.5 cm³/mol. The Morgan fingerprint density at radius 2 is 1.67 bits per heavy atom. The summed E-state index contributed by atoms with van der Waals surface area (Å²) in [6.45, 7) is 0. The first-order valence-electron chi connectivity index (χ1n) is 5.14. The molecule has 0 spiro atoms. The van der Waals surface area contributed by atoms with Crippen molar-refractivity contribution >= 4 is 5.69 Å². The van der Waals surface area contributed by atoms with Gasteiger partial charge in [0, 0.05) is 5.69 Å². The number of rotatable bonds is 3. The van der Waals surface area contributed by atoms with Crippen LogP contribution in [0.2, 0.25) is 0 Å². The first-order valence-corrected chi connectivity index (χ1v) is 5.14. The SMILES string of the molecule is Nc1c[c]cc(CCc2ccccc2)c1. The fourth-order valence-electron chi connectivity index (χ4n) is 1.62. The second kappa shape index (κ2) is 4.65. The normalized spacial score (nSPS) is 10.1. The summed E-state index contributed by atoms with van der Waals surface area (Å²) in [6.07, 6.45) is 2.07. The topological polar surface area (TPSA) is 26.0 Å². The van der Waals surface area contributed by atoms with Crippen LogP contribution in [0, 0.1) is 6.07 Å². The molecular formula is C14H14N. The lowest BCUT2D eigenvalue weighted by molar-refractivity contribution is 0.960. The van der Waals surface area contributed by atoms with E-state index in [4.69, 9.17) is 5.73 Å². The van der Waals surface area contributed by atoms with Gasteiger partial charge < -0.3 is 5.73 Å². The molecule has 2 N–H and O–H groups in total. The van der Waals surface area contributed by atoms with Crippen molar-refractivity contribution in [1.82, 2.24) is 0 Å². The summed E-state index contributed by atoms with van der Waals surface area (Å²) in [5, 5.41) is 0. The molecule has 0 aliphatic rings. The van der Waals surface area contributed by atoms with Gasteiger partial charge in [-0.1, -0.05) is 36.4 Å². The second-order valence-electron chi connectivity index (χ2n) is 3.66. The Morgan fingerprint density at radius 1 is 0.933 bits per heavy atom. The number of nitrogens with two attached hydrogens (primary N) is 1. The molecule has 0 aromatic heterocycles. The van der Waals surface area contributed by atoms with E-state index in [1.807, 2.05) is 18.2 Å². The third-order valence-corrected chi connectivity index (χ3v) is 2.42. The highest BCUT2D eigenvalue weighted by atomic mass is 14.5. The van der Waals surface area contributed by atoms with Gasteiger partial charge in [-0.05, 0) is 42.2 Å². The van der Waals surface area contributed by atoms with Crippen molar-refractivity contribution in [3.63, 3.8) is 0 Å². The Hall–Kier alpha value is -1.76. The molecule has 0 heterocycles. The lowest BCUT2D eigenvalue weighted by atomic mass is 10.0. The van der Waals surface area contributed by atoms with Crippen LogP contribution in [-0.2, 0) is 12.8 Å². The van der Waals surface area contributed by atoms with Crippen LogP contribution in [0.15, 0.2) is 48.5 Å². The quantitative estimate of drug-likeness (QED) is 0.750. The van der Waals surface area contributed by atoms with Crippen LogP contribution in [-0.4, -0.2) is 0 Å². The van der Waals surface area contributed by atoms with E-state index in [0.29, 0.717) is 0 Å². The number of hydrogen-bond donors (Lipinski definition) is 1. The highest BCUT2D eigenvalue weighted by molar-refractivity contribution is 5.40. The molecular weight excluding hydrogens is 182 g/mol. The van der Waals surface area contributed by atoms with E-state index in [1.54, 1.807) is 6.07 Å². The molecule has 2 rings (SSSR count). The molecule has 2 aromatic carbocycles. The zero-order valence-electron chi connectivity index (χ0n) is 8.61. The standard InChI is InChI=1S/C14H14N/c15-14-8-4-7-13(11-14)10-9-12-5-2-1-3-6-12/h1-3,5-8,11H,9-10,15H2. The smallest absolute Gasteiger partial charge is 0.0322 e.